The predicted molar refractivity (Wildman–Crippen MR) is 80.9 cm³/mol. The molecule has 1 fully saturated rings. The minimum atomic E-state index is -1.08. The van der Waals surface area contributed by atoms with E-state index in [1.54, 1.807) is 0 Å². The molecule has 7 heteroatoms. The van der Waals surface area contributed by atoms with E-state index in [0.29, 0.717) is 18.2 Å². The van der Waals surface area contributed by atoms with Crippen molar-refractivity contribution in [3.8, 4) is 0 Å². The Morgan fingerprint density at radius 2 is 2.20 bits per heavy atom. The third-order valence-electron chi connectivity index (χ3n) is 2.98. The number of thioether (sulfide) groups is 1. The lowest BCUT2D eigenvalue weighted by molar-refractivity contribution is 0.0697. The molecule has 2 rings (SSSR count). The molecule has 1 aromatic rings. The molecular weight excluding hydrogens is 300 g/mol. The molecular formula is C13H15ClN2O3S. The molecule has 1 atom stereocenters. The number of aromatic carboxylic acids is 1. The van der Waals surface area contributed by atoms with E-state index in [9.17, 15) is 9.59 Å². The van der Waals surface area contributed by atoms with Gasteiger partial charge >= 0.3 is 12.0 Å². The molecule has 1 unspecified atom stereocenters. The average molecular weight is 315 g/mol. The summed E-state index contributed by atoms with van der Waals surface area (Å²) in [6.45, 7) is 0.630. The summed E-state index contributed by atoms with van der Waals surface area (Å²) in [5.41, 5.74) is 0.410. The minimum Gasteiger partial charge on any atom is -0.478 e. The Morgan fingerprint density at radius 1 is 1.40 bits per heavy atom. The number of carboxylic acids is 1. The van der Waals surface area contributed by atoms with Crippen LogP contribution in [0.5, 0.6) is 0 Å². The molecule has 0 radical (unpaired) electrons. The van der Waals surface area contributed by atoms with Gasteiger partial charge in [0.2, 0.25) is 0 Å². The van der Waals surface area contributed by atoms with Gasteiger partial charge in [-0.3, -0.25) is 0 Å². The predicted octanol–water partition coefficient (Wildman–Crippen LogP) is 2.91. The van der Waals surface area contributed by atoms with Crippen molar-refractivity contribution in [1.82, 2.24) is 5.32 Å². The molecule has 0 bridgehead atoms. The van der Waals surface area contributed by atoms with Gasteiger partial charge < -0.3 is 15.7 Å². The highest BCUT2D eigenvalue weighted by atomic mass is 35.5. The number of carboxylic acid groups (broad SMARTS) is 1. The van der Waals surface area contributed by atoms with Crippen molar-refractivity contribution in [3.05, 3.63) is 28.8 Å². The summed E-state index contributed by atoms with van der Waals surface area (Å²) < 4.78 is 0. The van der Waals surface area contributed by atoms with Gasteiger partial charge in [0.25, 0.3) is 0 Å². The first-order chi connectivity index (χ1) is 9.54. The first-order valence-corrected chi connectivity index (χ1v) is 7.74. The lowest BCUT2D eigenvalue weighted by Gasteiger charge is -2.11. The number of carbonyl (C=O) groups excluding carboxylic acids is 1. The van der Waals surface area contributed by atoms with Gasteiger partial charge in [-0.15, -0.1) is 0 Å². The highest BCUT2D eigenvalue weighted by Gasteiger charge is 2.16. The third-order valence-corrected chi connectivity index (χ3v) is 4.43. The quantitative estimate of drug-likeness (QED) is 0.798. The zero-order valence-corrected chi connectivity index (χ0v) is 12.3. The zero-order chi connectivity index (χ0) is 14.5. The van der Waals surface area contributed by atoms with Gasteiger partial charge in [-0.25, -0.2) is 9.59 Å². The van der Waals surface area contributed by atoms with E-state index in [2.05, 4.69) is 10.6 Å². The minimum absolute atomic E-state index is 0.0417. The van der Waals surface area contributed by atoms with Gasteiger partial charge in [0, 0.05) is 17.3 Å². The van der Waals surface area contributed by atoms with Crippen LogP contribution in [0.2, 0.25) is 5.02 Å². The van der Waals surface area contributed by atoms with Crippen molar-refractivity contribution in [1.29, 1.82) is 0 Å². The fourth-order valence-corrected chi connectivity index (χ4v) is 3.46. The van der Waals surface area contributed by atoms with Crippen LogP contribution in [0.15, 0.2) is 18.2 Å². The molecule has 0 aromatic heterocycles. The Morgan fingerprint density at radius 3 is 2.85 bits per heavy atom. The number of hydrogen-bond acceptors (Lipinski definition) is 3. The number of hydrogen-bond donors (Lipinski definition) is 3. The number of rotatable bonds is 4. The van der Waals surface area contributed by atoms with Gasteiger partial charge in [0.05, 0.1) is 5.56 Å². The topological polar surface area (TPSA) is 78.4 Å². The van der Waals surface area contributed by atoms with Crippen molar-refractivity contribution >= 4 is 41.1 Å². The van der Waals surface area contributed by atoms with E-state index in [4.69, 9.17) is 16.7 Å². The van der Waals surface area contributed by atoms with Crippen LogP contribution in [-0.4, -0.2) is 35.2 Å². The second kappa shape index (κ2) is 6.85. The largest absolute Gasteiger partial charge is 0.478 e. The molecule has 1 heterocycles. The van der Waals surface area contributed by atoms with Crippen LogP contribution < -0.4 is 10.6 Å². The lowest BCUT2D eigenvalue weighted by Crippen LogP contribution is -2.33. The molecule has 0 spiro atoms. The second-order valence-electron chi connectivity index (χ2n) is 4.60. The molecule has 0 saturated carbocycles. The van der Waals surface area contributed by atoms with Crippen molar-refractivity contribution in [2.45, 2.75) is 6.42 Å². The van der Waals surface area contributed by atoms with E-state index in [1.807, 2.05) is 11.8 Å². The fraction of sp³-hybridized carbons (Fsp3) is 0.385. The van der Waals surface area contributed by atoms with E-state index in [0.717, 1.165) is 17.9 Å². The summed E-state index contributed by atoms with van der Waals surface area (Å²) in [5, 5.41) is 14.6. The molecule has 1 aliphatic rings. The smallest absolute Gasteiger partial charge is 0.335 e. The number of amides is 2. The maximum atomic E-state index is 11.7. The average Bonchev–Trinajstić information content (AvgIpc) is 2.88. The highest BCUT2D eigenvalue weighted by molar-refractivity contribution is 7.99. The Kier molecular flexibility index (Phi) is 5.14. The molecule has 5 nitrogen and oxygen atoms in total. The molecule has 2 amide bonds. The van der Waals surface area contributed by atoms with Crippen LogP contribution in [0.4, 0.5) is 10.5 Å². The molecule has 0 aliphatic carbocycles. The normalized spacial score (nSPS) is 17.8. The van der Waals surface area contributed by atoms with Crippen LogP contribution in [0.3, 0.4) is 0 Å². The van der Waals surface area contributed by atoms with Gasteiger partial charge in [0.1, 0.15) is 0 Å². The maximum Gasteiger partial charge on any atom is 0.335 e. The molecule has 20 heavy (non-hydrogen) atoms. The highest BCUT2D eigenvalue weighted by Crippen LogP contribution is 2.22. The summed E-state index contributed by atoms with van der Waals surface area (Å²) in [5.74, 6) is 1.64. The summed E-state index contributed by atoms with van der Waals surface area (Å²) in [4.78, 5) is 22.6. The fourth-order valence-electron chi connectivity index (χ4n) is 1.94. The molecule has 1 aliphatic heterocycles. The number of benzene rings is 1. The number of anilines is 1. The Labute approximate surface area is 126 Å². The molecule has 108 valence electrons. The Balaban J connectivity index is 1.91. The molecule has 1 aromatic carbocycles. The van der Waals surface area contributed by atoms with Crippen LogP contribution in [0.1, 0.15) is 16.8 Å². The van der Waals surface area contributed by atoms with E-state index >= 15 is 0 Å². The van der Waals surface area contributed by atoms with Crippen LogP contribution in [-0.2, 0) is 0 Å². The van der Waals surface area contributed by atoms with Gasteiger partial charge in [-0.2, -0.15) is 11.8 Å². The summed E-state index contributed by atoms with van der Waals surface area (Å²) in [7, 11) is 0. The summed E-state index contributed by atoms with van der Waals surface area (Å²) >= 11 is 7.71. The number of halogens is 1. The Bertz CT molecular complexity index is 518. The van der Waals surface area contributed by atoms with Crippen molar-refractivity contribution in [3.63, 3.8) is 0 Å². The van der Waals surface area contributed by atoms with Gasteiger partial charge in [-0.1, -0.05) is 11.6 Å². The van der Waals surface area contributed by atoms with Crippen LogP contribution in [0.25, 0.3) is 0 Å². The lowest BCUT2D eigenvalue weighted by atomic mass is 10.1. The Hall–Kier alpha value is -1.40. The second-order valence-corrected chi connectivity index (χ2v) is 6.18. The van der Waals surface area contributed by atoms with Gasteiger partial charge in [-0.05, 0) is 42.0 Å². The third kappa shape index (κ3) is 4.31. The summed E-state index contributed by atoms with van der Waals surface area (Å²) in [6.07, 6.45) is 1.12. The van der Waals surface area contributed by atoms with Crippen molar-refractivity contribution in [2.75, 3.05) is 23.4 Å². The van der Waals surface area contributed by atoms with Crippen LogP contribution in [0, 0.1) is 5.92 Å². The molecule has 1 saturated heterocycles. The van der Waals surface area contributed by atoms with Gasteiger partial charge in [0.15, 0.2) is 0 Å². The van der Waals surface area contributed by atoms with Crippen molar-refractivity contribution in [2.24, 2.45) is 5.92 Å². The standard InChI is InChI=1S/C13H15ClN2O3S/c14-10-3-9(12(17)18)4-11(5-10)16-13(19)15-6-8-1-2-20-7-8/h3-5,8H,1-2,6-7H2,(H,17,18)(H2,15,16,19). The number of nitrogens with one attached hydrogen (secondary N) is 2. The summed E-state index contributed by atoms with van der Waals surface area (Å²) in [6, 6.07) is 3.88. The molecule has 3 N–H and O–H groups in total. The van der Waals surface area contributed by atoms with Crippen LogP contribution >= 0.6 is 23.4 Å². The first-order valence-electron chi connectivity index (χ1n) is 6.21. The van der Waals surface area contributed by atoms with E-state index in [1.165, 1.54) is 18.2 Å². The van der Waals surface area contributed by atoms with E-state index < -0.39 is 5.97 Å². The SMILES string of the molecule is O=C(NCC1CCSC1)Nc1cc(Cl)cc(C(=O)O)c1. The monoisotopic (exact) mass is 314 g/mol. The van der Waals surface area contributed by atoms with E-state index in [-0.39, 0.29) is 16.6 Å². The number of carbonyl (C=O) groups is 2. The first kappa shape index (κ1) is 15.0. The zero-order valence-electron chi connectivity index (χ0n) is 10.7. The number of urea groups is 1. The van der Waals surface area contributed by atoms with Crippen molar-refractivity contribution < 1.29 is 14.7 Å². The maximum absolute atomic E-state index is 11.7.